The Bertz CT molecular complexity index is 1000. The number of piperidine rings is 2. The van der Waals surface area contributed by atoms with E-state index in [1.165, 1.54) is 44.3 Å². The Balaban J connectivity index is 1.22. The topological polar surface area (TPSA) is 54.6 Å². The van der Waals surface area contributed by atoms with Crippen LogP contribution in [-0.4, -0.2) is 53.2 Å². The van der Waals surface area contributed by atoms with Crippen LogP contribution in [0, 0.1) is 5.41 Å². The minimum atomic E-state index is 0.379. The minimum Gasteiger partial charge on any atom is -0.497 e. The van der Waals surface area contributed by atoms with Gasteiger partial charge in [-0.25, -0.2) is 0 Å². The number of likely N-dealkylation sites (tertiary alicyclic amines) is 2. The van der Waals surface area contributed by atoms with Crippen molar-refractivity contribution >= 4 is 0 Å². The van der Waals surface area contributed by atoms with Crippen molar-refractivity contribution in [2.45, 2.75) is 38.8 Å². The summed E-state index contributed by atoms with van der Waals surface area (Å²) in [6.07, 6.45) is 5.15. The lowest BCUT2D eigenvalue weighted by molar-refractivity contribution is 0.00462. The van der Waals surface area contributed by atoms with Crippen molar-refractivity contribution in [3.8, 4) is 17.1 Å². The van der Waals surface area contributed by atoms with E-state index in [0.717, 1.165) is 37.5 Å². The summed E-state index contributed by atoms with van der Waals surface area (Å²) >= 11 is 0. The van der Waals surface area contributed by atoms with Gasteiger partial charge in [-0.2, -0.15) is 4.98 Å². The van der Waals surface area contributed by atoms with Crippen molar-refractivity contribution in [2.75, 3.05) is 33.3 Å². The third-order valence-corrected chi connectivity index (χ3v) is 6.91. The Labute approximate surface area is 190 Å². The number of ether oxygens (including phenoxy) is 1. The van der Waals surface area contributed by atoms with Gasteiger partial charge in [0.2, 0.25) is 11.7 Å². The van der Waals surface area contributed by atoms with Crippen LogP contribution in [0.5, 0.6) is 5.75 Å². The molecule has 168 valence electrons. The average Bonchev–Trinajstić information content (AvgIpc) is 3.28. The van der Waals surface area contributed by atoms with Gasteiger partial charge < -0.3 is 9.26 Å². The highest BCUT2D eigenvalue weighted by atomic mass is 16.5. The highest BCUT2D eigenvalue weighted by Gasteiger charge is 2.39. The first-order chi connectivity index (χ1) is 15.7. The van der Waals surface area contributed by atoms with Crippen LogP contribution in [-0.2, 0) is 13.1 Å². The molecular weight excluding hydrogens is 400 g/mol. The Kier molecular flexibility index (Phi) is 6.23. The van der Waals surface area contributed by atoms with E-state index in [0.29, 0.717) is 17.1 Å². The normalized spacial score (nSPS) is 22.3. The van der Waals surface area contributed by atoms with E-state index in [9.17, 15) is 0 Å². The van der Waals surface area contributed by atoms with Crippen molar-refractivity contribution in [2.24, 2.45) is 5.41 Å². The summed E-state index contributed by atoms with van der Waals surface area (Å²) in [5.41, 5.74) is 2.73. The number of rotatable bonds is 6. The van der Waals surface area contributed by atoms with Crippen LogP contribution >= 0.6 is 0 Å². The lowest BCUT2D eigenvalue weighted by Gasteiger charge is -2.48. The molecule has 1 aromatic heterocycles. The van der Waals surface area contributed by atoms with Gasteiger partial charge in [-0.3, -0.25) is 9.80 Å². The Morgan fingerprint density at radius 1 is 0.906 bits per heavy atom. The first-order valence-corrected chi connectivity index (χ1v) is 11.7. The lowest BCUT2D eigenvalue weighted by Crippen LogP contribution is -2.51. The summed E-state index contributed by atoms with van der Waals surface area (Å²) in [5.74, 6) is 2.16. The number of benzene rings is 2. The molecule has 1 atom stereocenters. The molecule has 2 fully saturated rings. The molecule has 0 radical (unpaired) electrons. The van der Waals surface area contributed by atoms with Gasteiger partial charge in [-0.15, -0.1) is 0 Å². The summed E-state index contributed by atoms with van der Waals surface area (Å²) in [4.78, 5) is 9.83. The van der Waals surface area contributed by atoms with Crippen molar-refractivity contribution in [1.29, 1.82) is 0 Å². The number of hydrogen-bond donors (Lipinski definition) is 0. The van der Waals surface area contributed by atoms with Gasteiger partial charge in [0.15, 0.2) is 0 Å². The molecule has 6 heteroatoms. The fourth-order valence-corrected chi connectivity index (χ4v) is 5.43. The predicted octanol–water partition coefficient (Wildman–Crippen LogP) is 4.62. The van der Waals surface area contributed by atoms with E-state index >= 15 is 0 Å². The van der Waals surface area contributed by atoms with Gasteiger partial charge in [0.05, 0.1) is 13.7 Å². The van der Waals surface area contributed by atoms with Crippen LogP contribution in [0.25, 0.3) is 11.4 Å². The second-order valence-electron chi connectivity index (χ2n) is 9.35. The summed E-state index contributed by atoms with van der Waals surface area (Å²) in [6, 6.07) is 18.6. The molecule has 32 heavy (non-hydrogen) atoms. The maximum atomic E-state index is 5.61. The highest BCUT2D eigenvalue weighted by Crippen LogP contribution is 2.39. The molecule has 6 nitrogen and oxygen atoms in total. The third-order valence-electron chi connectivity index (χ3n) is 6.91. The van der Waals surface area contributed by atoms with E-state index in [1.807, 2.05) is 24.3 Å². The number of aromatic nitrogens is 2. The molecule has 0 amide bonds. The van der Waals surface area contributed by atoms with Crippen molar-refractivity contribution in [1.82, 2.24) is 19.9 Å². The third kappa shape index (κ3) is 4.87. The minimum absolute atomic E-state index is 0.379. The molecule has 3 heterocycles. The van der Waals surface area contributed by atoms with E-state index in [4.69, 9.17) is 9.26 Å². The first kappa shape index (κ1) is 21.2. The fraction of sp³-hybridized carbons (Fsp3) is 0.462. The Morgan fingerprint density at radius 3 is 2.28 bits per heavy atom. The second kappa shape index (κ2) is 9.43. The SMILES string of the molecule is COc1ccc(-c2noc(CN3CCCC4(CCCN(Cc5ccccc5)C4)C3)n2)cc1. The molecule has 0 N–H and O–H groups in total. The smallest absolute Gasteiger partial charge is 0.241 e. The average molecular weight is 433 g/mol. The van der Waals surface area contributed by atoms with Gasteiger partial charge in [-0.1, -0.05) is 35.5 Å². The van der Waals surface area contributed by atoms with Gasteiger partial charge in [-0.05, 0) is 74.0 Å². The molecule has 0 bridgehead atoms. The quantitative estimate of drug-likeness (QED) is 0.566. The molecule has 1 unspecified atom stereocenters. The fourth-order valence-electron chi connectivity index (χ4n) is 5.43. The predicted molar refractivity (Wildman–Crippen MR) is 124 cm³/mol. The lowest BCUT2D eigenvalue weighted by atomic mass is 9.73. The molecule has 0 aliphatic carbocycles. The maximum Gasteiger partial charge on any atom is 0.241 e. The molecule has 2 saturated heterocycles. The summed E-state index contributed by atoms with van der Waals surface area (Å²) < 4.78 is 10.8. The van der Waals surface area contributed by atoms with Gasteiger partial charge in [0, 0.05) is 25.2 Å². The second-order valence-corrected chi connectivity index (χ2v) is 9.35. The Morgan fingerprint density at radius 2 is 1.59 bits per heavy atom. The monoisotopic (exact) mass is 432 g/mol. The summed E-state index contributed by atoms with van der Waals surface area (Å²) in [5, 5.41) is 4.21. The van der Waals surface area contributed by atoms with E-state index < -0.39 is 0 Å². The van der Waals surface area contributed by atoms with E-state index in [1.54, 1.807) is 7.11 Å². The zero-order chi connectivity index (χ0) is 21.8. The van der Waals surface area contributed by atoms with Crippen LogP contribution in [0.3, 0.4) is 0 Å². The molecule has 2 aliphatic heterocycles. The molecule has 5 rings (SSSR count). The van der Waals surface area contributed by atoms with Crippen LogP contribution < -0.4 is 4.74 Å². The van der Waals surface area contributed by atoms with Gasteiger partial charge in [0.1, 0.15) is 5.75 Å². The van der Waals surface area contributed by atoms with E-state index in [-0.39, 0.29) is 0 Å². The van der Waals surface area contributed by atoms with Crippen LogP contribution in [0.4, 0.5) is 0 Å². The van der Waals surface area contributed by atoms with Gasteiger partial charge in [0.25, 0.3) is 0 Å². The maximum absolute atomic E-state index is 5.61. The van der Waals surface area contributed by atoms with Gasteiger partial charge >= 0.3 is 0 Å². The number of methoxy groups -OCH3 is 1. The number of nitrogens with zero attached hydrogens (tertiary/aromatic N) is 4. The molecule has 3 aromatic rings. The van der Waals surface area contributed by atoms with Crippen LogP contribution in [0.15, 0.2) is 59.1 Å². The number of hydrogen-bond acceptors (Lipinski definition) is 6. The molecule has 1 spiro atoms. The van der Waals surface area contributed by atoms with Crippen LogP contribution in [0.1, 0.15) is 37.1 Å². The standard InChI is InChI=1S/C26H32N4O2/c1-31-23-11-9-22(10-12-23)25-27-24(32-28-25)18-30-16-6-14-26(20-30)13-5-15-29(19-26)17-21-7-3-2-4-8-21/h2-4,7-12H,5-6,13-20H2,1H3. The first-order valence-electron chi connectivity index (χ1n) is 11.7. The molecular formula is C26H32N4O2. The Hall–Kier alpha value is -2.70. The molecule has 2 aliphatic rings. The summed E-state index contributed by atoms with van der Waals surface area (Å²) in [7, 11) is 1.67. The van der Waals surface area contributed by atoms with E-state index in [2.05, 4.69) is 50.3 Å². The summed E-state index contributed by atoms with van der Waals surface area (Å²) in [6.45, 7) is 6.37. The molecule has 0 saturated carbocycles. The largest absolute Gasteiger partial charge is 0.497 e. The highest BCUT2D eigenvalue weighted by molar-refractivity contribution is 5.55. The molecule has 2 aromatic carbocycles. The zero-order valence-corrected chi connectivity index (χ0v) is 18.9. The van der Waals surface area contributed by atoms with Crippen molar-refractivity contribution in [3.63, 3.8) is 0 Å². The van der Waals surface area contributed by atoms with Crippen molar-refractivity contribution in [3.05, 3.63) is 66.1 Å². The van der Waals surface area contributed by atoms with Crippen molar-refractivity contribution < 1.29 is 9.26 Å². The zero-order valence-electron chi connectivity index (χ0n) is 18.9. The van der Waals surface area contributed by atoms with Crippen LogP contribution in [0.2, 0.25) is 0 Å².